The minimum atomic E-state index is -0.574. The van der Waals surface area contributed by atoms with Gasteiger partial charge in [0.1, 0.15) is 0 Å². The van der Waals surface area contributed by atoms with E-state index in [1.807, 2.05) is 0 Å². The van der Waals surface area contributed by atoms with E-state index < -0.39 is 12.9 Å². The van der Waals surface area contributed by atoms with E-state index >= 15 is 0 Å². The van der Waals surface area contributed by atoms with Gasteiger partial charge in [-0.2, -0.15) is 0 Å². The average Bonchev–Trinajstić information content (AvgIpc) is 2.06. The number of aliphatic hydroxyl groups excluding tert-OH is 1. The van der Waals surface area contributed by atoms with Gasteiger partial charge in [-0.1, -0.05) is 0 Å². The molecule has 1 aliphatic rings. The summed E-state index contributed by atoms with van der Waals surface area (Å²) in [6, 6.07) is 0.123. The number of ether oxygens (including phenoxy) is 2. The molecule has 1 fully saturated rings. The molecule has 0 aromatic heterocycles. The predicted octanol–water partition coefficient (Wildman–Crippen LogP) is -0.159. The lowest BCUT2D eigenvalue weighted by atomic mass is 10.1. The van der Waals surface area contributed by atoms with Crippen LogP contribution in [0, 0.1) is 0 Å². The van der Waals surface area contributed by atoms with Gasteiger partial charge in [-0.25, -0.2) is 4.79 Å². The summed E-state index contributed by atoms with van der Waals surface area (Å²) in [6.07, 6.45) is 1.05. The fourth-order valence-electron chi connectivity index (χ4n) is 1.11. The summed E-state index contributed by atoms with van der Waals surface area (Å²) in [6.45, 7) is 0.767. The maximum Gasteiger partial charge on any atom is 0.409 e. The molecule has 1 heterocycles. The molecular weight excluding hydrogens is 162 g/mol. The Morgan fingerprint density at radius 1 is 1.58 bits per heavy atom. The molecule has 2 N–H and O–H groups in total. The van der Waals surface area contributed by atoms with Crippen molar-refractivity contribution in [3.05, 3.63) is 0 Å². The van der Waals surface area contributed by atoms with Crippen molar-refractivity contribution >= 4 is 6.09 Å². The second kappa shape index (κ2) is 4.95. The zero-order chi connectivity index (χ0) is 8.81. The van der Waals surface area contributed by atoms with Crippen LogP contribution in [0.25, 0.3) is 0 Å². The molecular formula is C7H13NO4. The zero-order valence-corrected chi connectivity index (χ0v) is 6.78. The number of rotatable bonds is 2. The average molecular weight is 175 g/mol. The summed E-state index contributed by atoms with van der Waals surface area (Å²) in [5.41, 5.74) is 0. The standard InChI is InChI=1S/C7H13NO4/c9-5-12-7(10)8-6-1-3-11-4-2-6/h6,9H,1-5H2,(H,8,10). The lowest BCUT2D eigenvalue weighted by Gasteiger charge is -2.22. The molecule has 0 bridgehead atoms. The molecule has 70 valence electrons. The number of amides is 1. The highest BCUT2D eigenvalue weighted by atomic mass is 16.6. The molecule has 0 aromatic carbocycles. The summed E-state index contributed by atoms with van der Waals surface area (Å²) >= 11 is 0. The summed E-state index contributed by atoms with van der Waals surface area (Å²) in [5.74, 6) is 0. The predicted molar refractivity (Wildman–Crippen MR) is 40.5 cm³/mol. The van der Waals surface area contributed by atoms with Gasteiger partial charge in [0.15, 0.2) is 6.79 Å². The van der Waals surface area contributed by atoms with E-state index in [2.05, 4.69) is 10.1 Å². The minimum absolute atomic E-state index is 0.123. The largest absolute Gasteiger partial charge is 0.423 e. The van der Waals surface area contributed by atoms with Crippen molar-refractivity contribution in [2.24, 2.45) is 0 Å². The SMILES string of the molecule is O=C(NC1CCOCC1)OCO. The fraction of sp³-hybridized carbons (Fsp3) is 0.857. The Balaban J connectivity index is 2.15. The molecule has 12 heavy (non-hydrogen) atoms. The monoisotopic (exact) mass is 175 g/mol. The number of hydrogen-bond acceptors (Lipinski definition) is 4. The van der Waals surface area contributed by atoms with Crippen LogP contribution in [-0.2, 0) is 9.47 Å². The number of carbonyl (C=O) groups excluding carboxylic acids is 1. The lowest BCUT2D eigenvalue weighted by molar-refractivity contribution is 0.0351. The van der Waals surface area contributed by atoms with Gasteiger partial charge in [0.2, 0.25) is 0 Å². The Labute approximate surface area is 70.7 Å². The second-order valence-corrected chi connectivity index (χ2v) is 2.59. The molecule has 1 rings (SSSR count). The third kappa shape index (κ3) is 3.06. The quantitative estimate of drug-likeness (QED) is 0.572. The Morgan fingerprint density at radius 2 is 2.25 bits per heavy atom. The van der Waals surface area contributed by atoms with Crippen LogP contribution in [0.15, 0.2) is 0 Å². The van der Waals surface area contributed by atoms with Crippen LogP contribution in [0.5, 0.6) is 0 Å². The topological polar surface area (TPSA) is 67.8 Å². The van der Waals surface area contributed by atoms with E-state index in [0.717, 1.165) is 12.8 Å². The van der Waals surface area contributed by atoms with Crippen LogP contribution < -0.4 is 5.32 Å². The van der Waals surface area contributed by atoms with Crippen molar-refractivity contribution in [1.82, 2.24) is 5.32 Å². The molecule has 1 saturated heterocycles. The first-order valence-corrected chi connectivity index (χ1v) is 3.95. The maximum atomic E-state index is 10.8. The van der Waals surface area contributed by atoms with Crippen LogP contribution in [0.1, 0.15) is 12.8 Å². The molecule has 5 heteroatoms. The Hall–Kier alpha value is -0.810. The second-order valence-electron chi connectivity index (χ2n) is 2.59. The van der Waals surface area contributed by atoms with Gasteiger partial charge in [0.05, 0.1) is 0 Å². The number of aliphatic hydroxyl groups is 1. The molecule has 0 aromatic rings. The first kappa shape index (κ1) is 9.28. The van der Waals surface area contributed by atoms with Crippen molar-refractivity contribution in [3.8, 4) is 0 Å². The van der Waals surface area contributed by atoms with E-state index in [1.165, 1.54) is 0 Å². The molecule has 5 nitrogen and oxygen atoms in total. The molecule has 0 atom stereocenters. The lowest BCUT2D eigenvalue weighted by Crippen LogP contribution is -2.39. The van der Waals surface area contributed by atoms with E-state index in [9.17, 15) is 4.79 Å². The molecule has 0 saturated carbocycles. The number of hydrogen-bond donors (Lipinski definition) is 2. The van der Waals surface area contributed by atoms with Crippen LogP contribution in [-0.4, -0.2) is 37.2 Å². The van der Waals surface area contributed by atoms with Crippen molar-refractivity contribution in [2.45, 2.75) is 18.9 Å². The van der Waals surface area contributed by atoms with Gasteiger partial charge in [-0.3, -0.25) is 0 Å². The molecule has 0 spiro atoms. The van der Waals surface area contributed by atoms with Crippen LogP contribution in [0.2, 0.25) is 0 Å². The van der Waals surface area contributed by atoms with Gasteiger partial charge in [-0.15, -0.1) is 0 Å². The summed E-state index contributed by atoms with van der Waals surface area (Å²) in [4.78, 5) is 10.8. The zero-order valence-electron chi connectivity index (χ0n) is 6.78. The van der Waals surface area contributed by atoms with E-state index in [0.29, 0.717) is 13.2 Å². The highest BCUT2D eigenvalue weighted by Crippen LogP contribution is 2.05. The summed E-state index contributed by atoms with van der Waals surface area (Å²) < 4.78 is 9.41. The van der Waals surface area contributed by atoms with Crippen molar-refractivity contribution in [2.75, 3.05) is 20.0 Å². The normalized spacial score (nSPS) is 18.8. The smallest absolute Gasteiger partial charge is 0.409 e. The first-order valence-electron chi connectivity index (χ1n) is 3.95. The first-order chi connectivity index (χ1) is 5.83. The van der Waals surface area contributed by atoms with Crippen LogP contribution in [0.4, 0.5) is 4.79 Å². The molecule has 0 radical (unpaired) electrons. The summed E-state index contributed by atoms with van der Waals surface area (Å²) in [7, 11) is 0. The van der Waals surface area contributed by atoms with Gasteiger partial charge in [0.25, 0.3) is 0 Å². The number of carbonyl (C=O) groups is 1. The molecule has 0 unspecified atom stereocenters. The molecule has 1 aliphatic heterocycles. The number of nitrogens with one attached hydrogen (secondary N) is 1. The van der Waals surface area contributed by atoms with E-state index in [-0.39, 0.29) is 6.04 Å². The highest BCUT2D eigenvalue weighted by Gasteiger charge is 2.15. The van der Waals surface area contributed by atoms with Crippen molar-refractivity contribution in [1.29, 1.82) is 0 Å². The molecule has 1 amide bonds. The minimum Gasteiger partial charge on any atom is -0.423 e. The number of alkyl carbamates (subject to hydrolysis) is 1. The van der Waals surface area contributed by atoms with Gasteiger partial charge in [-0.05, 0) is 12.8 Å². The van der Waals surface area contributed by atoms with Crippen molar-refractivity contribution < 1.29 is 19.4 Å². The van der Waals surface area contributed by atoms with Gasteiger partial charge in [0, 0.05) is 19.3 Å². The molecule has 0 aliphatic carbocycles. The summed E-state index contributed by atoms with van der Waals surface area (Å²) in [5, 5.41) is 10.9. The fourth-order valence-corrected chi connectivity index (χ4v) is 1.11. The Kier molecular flexibility index (Phi) is 3.83. The van der Waals surface area contributed by atoms with Gasteiger partial charge < -0.3 is 19.9 Å². The van der Waals surface area contributed by atoms with Crippen LogP contribution >= 0.6 is 0 Å². The highest BCUT2D eigenvalue weighted by molar-refractivity contribution is 5.67. The van der Waals surface area contributed by atoms with E-state index in [1.54, 1.807) is 0 Å². The Bertz CT molecular complexity index is 144. The maximum absolute atomic E-state index is 10.8. The van der Waals surface area contributed by atoms with Crippen molar-refractivity contribution in [3.63, 3.8) is 0 Å². The Morgan fingerprint density at radius 3 is 2.83 bits per heavy atom. The third-order valence-corrected chi connectivity index (χ3v) is 1.74. The van der Waals surface area contributed by atoms with Gasteiger partial charge >= 0.3 is 6.09 Å². The van der Waals surface area contributed by atoms with E-state index in [4.69, 9.17) is 9.84 Å². The third-order valence-electron chi connectivity index (χ3n) is 1.74. The van der Waals surface area contributed by atoms with Crippen LogP contribution in [0.3, 0.4) is 0 Å².